The Morgan fingerprint density at radius 2 is 1.73 bits per heavy atom. The highest BCUT2D eigenvalue weighted by Gasteiger charge is 2.07. The van der Waals surface area contributed by atoms with Gasteiger partial charge >= 0.3 is 6.03 Å². The second kappa shape index (κ2) is 6.98. The van der Waals surface area contributed by atoms with Crippen LogP contribution in [-0.2, 0) is 0 Å². The van der Waals surface area contributed by atoms with Gasteiger partial charge in [0.05, 0.1) is 7.11 Å². The monoisotopic (exact) mass is 298 g/mol. The Labute approximate surface area is 131 Å². The van der Waals surface area contributed by atoms with Crippen LogP contribution in [-0.4, -0.2) is 13.1 Å². The number of hydrogen-bond donors (Lipinski definition) is 2. The van der Waals surface area contributed by atoms with E-state index in [9.17, 15) is 4.79 Å². The van der Waals surface area contributed by atoms with Crippen LogP contribution < -0.4 is 15.4 Å². The maximum absolute atomic E-state index is 12.1. The van der Waals surface area contributed by atoms with Crippen molar-refractivity contribution in [3.8, 4) is 5.75 Å². The number of carbonyl (C=O) groups is 1. The average Bonchev–Trinajstić information content (AvgIpc) is 2.50. The first-order valence-electron chi connectivity index (χ1n) is 7.32. The second-order valence-corrected chi connectivity index (χ2v) is 5.54. The van der Waals surface area contributed by atoms with Crippen LogP contribution >= 0.6 is 0 Å². The van der Waals surface area contributed by atoms with Crippen molar-refractivity contribution in [2.75, 3.05) is 17.7 Å². The van der Waals surface area contributed by atoms with Crippen molar-refractivity contribution < 1.29 is 9.53 Å². The number of urea groups is 1. The number of ether oxygens (including phenoxy) is 1. The number of rotatable bonds is 4. The zero-order valence-corrected chi connectivity index (χ0v) is 13.4. The van der Waals surface area contributed by atoms with Crippen molar-refractivity contribution in [2.24, 2.45) is 0 Å². The largest absolute Gasteiger partial charge is 0.497 e. The number of anilines is 2. The van der Waals surface area contributed by atoms with Crippen LogP contribution in [0, 0.1) is 6.92 Å². The number of aryl methyl sites for hydroxylation is 1. The van der Waals surface area contributed by atoms with Gasteiger partial charge in [-0.05, 0) is 54.3 Å². The average molecular weight is 298 g/mol. The van der Waals surface area contributed by atoms with Gasteiger partial charge in [-0.1, -0.05) is 26.0 Å². The van der Waals surface area contributed by atoms with Gasteiger partial charge in [-0.3, -0.25) is 0 Å². The molecule has 0 aliphatic rings. The molecule has 0 atom stereocenters. The molecule has 2 amide bonds. The molecule has 0 aliphatic carbocycles. The molecule has 0 saturated heterocycles. The molecule has 0 heterocycles. The maximum Gasteiger partial charge on any atom is 0.323 e. The second-order valence-electron chi connectivity index (χ2n) is 5.54. The number of amides is 2. The molecule has 4 nitrogen and oxygen atoms in total. The quantitative estimate of drug-likeness (QED) is 0.854. The summed E-state index contributed by atoms with van der Waals surface area (Å²) in [6.45, 7) is 6.24. The minimum Gasteiger partial charge on any atom is -0.497 e. The minimum absolute atomic E-state index is 0.255. The zero-order chi connectivity index (χ0) is 16.1. The van der Waals surface area contributed by atoms with Gasteiger partial charge in [0.15, 0.2) is 0 Å². The van der Waals surface area contributed by atoms with Crippen LogP contribution in [0.15, 0.2) is 42.5 Å². The number of nitrogens with one attached hydrogen (secondary N) is 2. The van der Waals surface area contributed by atoms with E-state index >= 15 is 0 Å². The normalized spacial score (nSPS) is 10.4. The van der Waals surface area contributed by atoms with Crippen molar-refractivity contribution in [3.63, 3.8) is 0 Å². The summed E-state index contributed by atoms with van der Waals surface area (Å²) in [5.74, 6) is 1.18. The van der Waals surface area contributed by atoms with Gasteiger partial charge in [0.25, 0.3) is 0 Å². The summed E-state index contributed by atoms with van der Waals surface area (Å²) in [6, 6.07) is 13.1. The number of methoxy groups -OCH3 is 1. The predicted octanol–water partition coefficient (Wildman–Crippen LogP) is 4.77. The van der Waals surface area contributed by atoms with Crippen LogP contribution in [0.4, 0.5) is 16.2 Å². The van der Waals surface area contributed by atoms with Crippen LogP contribution in [0.25, 0.3) is 0 Å². The van der Waals surface area contributed by atoms with Gasteiger partial charge in [-0.2, -0.15) is 0 Å². The summed E-state index contributed by atoms with van der Waals surface area (Å²) in [6.07, 6.45) is 0. The summed E-state index contributed by atoms with van der Waals surface area (Å²) < 4.78 is 5.09. The van der Waals surface area contributed by atoms with Crippen molar-refractivity contribution >= 4 is 17.4 Å². The third-order valence-electron chi connectivity index (χ3n) is 3.52. The smallest absolute Gasteiger partial charge is 0.323 e. The van der Waals surface area contributed by atoms with E-state index in [0.717, 1.165) is 22.7 Å². The summed E-state index contributed by atoms with van der Waals surface area (Å²) in [7, 11) is 1.61. The molecule has 2 aromatic carbocycles. The summed E-state index contributed by atoms with van der Waals surface area (Å²) >= 11 is 0. The molecule has 0 saturated carbocycles. The van der Waals surface area contributed by atoms with Gasteiger partial charge in [0.1, 0.15) is 5.75 Å². The lowest BCUT2D eigenvalue weighted by atomic mass is 10.0. The van der Waals surface area contributed by atoms with E-state index in [1.54, 1.807) is 31.4 Å². The lowest BCUT2D eigenvalue weighted by molar-refractivity contribution is 0.262. The van der Waals surface area contributed by atoms with Crippen LogP contribution in [0.5, 0.6) is 5.75 Å². The van der Waals surface area contributed by atoms with Gasteiger partial charge < -0.3 is 15.4 Å². The van der Waals surface area contributed by atoms with Gasteiger partial charge in [0.2, 0.25) is 0 Å². The maximum atomic E-state index is 12.1. The first-order chi connectivity index (χ1) is 10.5. The summed E-state index contributed by atoms with van der Waals surface area (Å²) in [5.41, 5.74) is 3.79. The molecule has 0 spiro atoms. The molecule has 4 heteroatoms. The highest BCUT2D eigenvalue weighted by molar-refractivity contribution is 6.00. The molecular formula is C18H22N2O2. The lowest BCUT2D eigenvalue weighted by Crippen LogP contribution is -2.20. The van der Waals surface area contributed by atoms with Crippen molar-refractivity contribution in [1.29, 1.82) is 0 Å². The van der Waals surface area contributed by atoms with Crippen molar-refractivity contribution in [2.45, 2.75) is 26.7 Å². The molecule has 2 rings (SSSR count). The molecule has 0 aromatic heterocycles. The number of benzene rings is 2. The predicted molar refractivity (Wildman–Crippen MR) is 90.9 cm³/mol. The Hall–Kier alpha value is -2.49. The molecule has 2 N–H and O–H groups in total. The molecule has 0 fully saturated rings. The van der Waals surface area contributed by atoms with Crippen molar-refractivity contribution in [3.05, 3.63) is 53.6 Å². The van der Waals surface area contributed by atoms with Gasteiger partial charge in [-0.25, -0.2) is 4.79 Å². The fourth-order valence-electron chi connectivity index (χ4n) is 2.09. The topological polar surface area (TPSA) is 50.4 Å². The van der Waals surface area contributed by atoms with Crippen LogP contribution in [0.2, 0.25) is 0 Å². The van der Waals surface area contributed by atoms with Gasteiger partial charge in [0, 0.05) is 11.4 Å². The lowest BCUT2D eigenvalue weighted by Gasteiger charge is -2.13. The molecular weight excluding hydrogens is 276 g/mol. The first kappa shape index (κ1) is 15.9. The Bertz CT molecular complexity index is 649. The molecule has 2 aromatic rings. The fraction of sp³-hybridized carbons (Fsp3) is 0.278. The summed E-state index contributed by atoms with van der Waals surface area (Å²) in [5, 5.41) is 5.71. The van der Waals surface area contributed by atoms with E-state index in [1.807, 2.05) is 19.1 Å². The molecule has 0 aliphatic heterocycles. The molecule has 22 heavy (non-hydrogen) atoms. The number of carbonyl (C=O) groups excluding carboxylic acids is 1. The Morgan fingerprint density at radius 3 is 2.32 bits per heavy atom. The highest BCUT2D eigenvalue weighted by atomic mass is 16.5. The van der Waals surface area contributed by atoms with E-state index in [0.29, 0.717) is 5.92 Å². The van der Waals surface area contributed by atoms with Crippen LogP contribution in [0.3, 0.4) is 0 Å². The fourth-order valence-corrected chi connectivity index (χ4v) is 2.09. The zero-order valence-electron chi connectivity index (χ0n) is 13.4. The van der Waals surface area contributed by atoms with Gasteiger partial charge in [-0.15, -0.1) is 0 Å². The molecule has 0 unspecified atom stereocenters. The highest BCUT2D eigenvalue weighted by Crippen LogP contribution is 2.22. The Balaban J connectivity index is 2.06. The first-order valence-corrected chi connectivity index (χ1v) is 7.32. The SMILES string of the molecule is COc1ccc(NC(=O)Nc2cc(C(C)C)ccc2C)cc1. The van der Waals surface area contributed by atoms with E-state index in [4.69, 9.17) is 4.74 Å². The standard InChI is InChI=1S/C18H22N2O2/c1-12(2)14-6-5-13(3)17(11-14)20-18(21)19-15-7-9-16(22-4)10-8-15/h5-12H,1-4H3,(H2,19,20,21). The van der Waals surface area contributed by atoms with E-state index in [1.165, 1.54) is 5.56 Å². The molecule has 0 radical (unpaired) electrons. The minimum atomic E-state index is -0.255. The Morgan fingerprint density at radius 1 is 1.05 bits per heavy atom. The van der Waals surface area contributed by atoms with Crippen molar-refractivity contribution in [1.82, 2.24) is 0 Å². The van der Waals surface area contributed by atoms with E-state index in [-0.39, 0.29) is 6.03 Å². The third kappa shape index (κ3) is 4.01. The van der Waals surface area contributed by atoms with E-state index in [2.05, 4.69) is 30.5 Å². The summed E-state index contributed by atoms with van der Waals surface area (Å²) in [4.78, 5) is 12.1. The van der Waals surface area contributed by atoms with Crippen LogP contribution in [0.1, 0.15) is 30.9 Å². The molecule has 116 valence electrons. The molecule has 0 bridgehead atoms. The number of hydrogen-bond acceptors (Lipinski definition) is 2. The van der Waals surface area contributed by atoms with E-state index < -0.39 is 0 Å². The Kier molecular flexibility index (Phi) is 5.04. The third-order valence-corrected chi connectivity index (χ3v) is 3.52.